The lowest BCUT2D eigenvalue weighted by atomic mass is 10.2. The molecule has 0 spiro atoms. The third kappa shape index (κ3) is 6.52. The molecule has 33 heavy (non-hydrogen) atoms. The monoisotopic (exact) mass is 467 g/mol. The number of nitrogens with zero attached hydrogens (tertiary/aromatic N) is 3. The summed E-state index contributed by atoms with van der Waals surface area (Å²) in [6, 6.07) is 15.1. The highest BCUT2D eigenvalue weighted by atomic mass is 32.2. The summed E-state index contributed by atoms with van der Waals surface area (Å²) >= 11 is 1.33. The van der Waals surface area contributed by atoms with Gasteiger partial charge in [0.15, 0.2) is 5.16 Å². The summed E-state index contributed by atoms with van der Waals surface area (Å²) in [6.45, 7) is 6.45. The van der Waals surface area contributed by atoms with Crippen molar-refractivity contribution in [3.63, 3.8) is 0 Å². The van der Waals surface area contributed by atoms with Gasteiger partial charge in [0.1, 0.15) is 11.6 Å². The zero-order valence-corrected chi connectivity index (χ0v) is 19.1. The van der Waals surface area contributed by atoms with Crippen molar-refractivity contribution in [2.45, 2.75) is 36.7 Å². The molecular weight excluding hydrogens is 441 g/mol. The van der Waals surface area contributed by atoms with Gasteiger partial charge in [-0.2, -0.15) is 0 Å². The third-order valence-electron chi connectivity index (χ3n) is 4.81. The fraction of sp³-hybridized carbons (Fsp3) is 0.250. The maximum atomic E-state index is 13.8. The number of benzene rings is 2. The van der Waals surface area contributed by atoms with E-state index in [2.05, 4.69) is 27.4 Å². The van der Waals surface area contributed by atoms with Gasteiger partial charge >= 0.3 is 0 Å². The van der Waals surface area contributed by atoms with E-state index < -0.39 is 11.7 Å². The van der Waals surface area contributed by atoms with Gasteiger partial charge in [-0.05, 0) is 30.7 Å². The number of carbonyl (C=O) groups is 2. The number of allylic oxidation sites excluding steroid dienone is 1. The van der Waals surface area contributed by atoms with Crippen LogP contribution < -0.4 is 10.6 Å². The number of hydrogen-bond donors (Lipinski definition) is 2. The molecular formula is C24H26FN5O2S. The predicted octanol–water partition coefficient (Wildman–Crippen LogP) is 4.09. The van der Waals surface area contributed by atoms with E-state index in [0.717, 1.165) is 5.69 Å². The van der Waals surface area contributed by atoms with E-state index >= 15 is 0 Å². The lowest BCUT2D eigenvalue weighted by Crippen LogP contribution is -2.27. The second-order valence-electron chi connectivity index (χ2n) is 7.15. The smallest absolute Gasteiger partial charge is 0.254 e. The zero-order chi connectivity index (χ0) is 23.6. The highest BCUT2D eigenvalue weighted by molar-refractivity contribution is 8.00. The normalized spacial score (nSPS) is 11.6. The molecule has 9 heteroatoms. The second-order valence-corrected chi connectivity index (χ2v) is 8.32. The number of para-hydroxylation sites is 1. The number of hydrogen-bond acceptors (Lipinski definition) is 5. The number of anilines is 1. The number of thioether (sulfide) groups is 1. The first-order valence-corrected chi connectivity index (χ1v) is 11.5. The van der Waals surface area contributed by atoms with E-state index in [-0.39, 0.29) is 23.3 Å². The van der Waals surface area contributed by atoms with Gasteiger partial charge in [-0.1, -0.05) is 55.1 Å². The Balaban J connectivity index is 1.64. The molecule has 172 valence electrons. The minimum Gasteiger partial charge on any atom is -0.351 e. The van der Waals surface area contributed by atoms with Gasteiger partial charge in [0.25, 0.3) is 5.91 Å². The summed E-state index contributed by atoms with van der Waals surface area (Å²) in [5, 5.41) is 14.4. The maximum Gasteiger partial charge on any atom is 0.254 e. The average molecular weight is 468 g/mol. The lowest BCUT2D eigenvalue weighted by molar-refractivity contribution is -0.115. The standard InChI is InChI=1S/C24H26FN5O2S/c1-3-16-30-21(14-15-26-22(31)18-12-8-9-13-19(18)25)28-29-24(30)33-20(4-2)23(32)27-17-10-6-5-7-11-17/h3,5-13,20H,1,4,14-16H2,2H3,(H,26,31)(H,27,32)/t20-/m1/s1. The fourth-order valence-electron chi connectivity index (χ4n) is 3.13. The van der Waals surface area contributed by atoms with E-state index in [1.165, 1.54) is 30.0 Å². The Morgan fingerprint density at radius 1 is 1.15 bits per heavy atom. The van der Waals surface area contributed by atoms with Crippen LogP contribution in [0.5, 0.6) is 0 Å². The molecule has 0 saturated heterocycles. The fourth-order valence-corrected chi connectivity index (χ4v) is 4.11. The Kier molecular flexibility index (Phi) is 8.77. The number of amides is 2. The molecule has 2 amide bonds. The number of nitrogens with one attached hydrogen (secondary N) is 2. The molecule has 0 aliphatic carbocycles. The van der Waals surface area contributed by atoms with Crippen LogP contribution in [0.25, 0.3) is 0 Å². The average Bonchev–Trinajstić information content (AvgIpc) is 3.19. The molecule has 3 aromatic rings. The highest BCUT2D eigenvalue weighted by Crippen LogP contribution is 2.26. The molecule has 1 atom stereocenters. The van der Waals surface area contributed by atoms with Gasteiger partial charge in [-0.25, -0.2) is 4.39 Å². The topological polar surface area (TPSA) is 88.9 Å². The van der Waals surface area contributed by atoms with Gasteiger partial charge < -0.3 is 15.2 Å². The first kappa shape index (κ1) is 24.2. The van der Waals surface area contributed by atoms with Crippen LogP contribution in [-0.4, -0.2) is 38.4 Å². The minimum absolute atomic E-state index is 0.00322. The molecule has 1 heterocycles. The number of rotatable bonds is 11. The minimum atomic E-state index is -0.567. The summed E-state index contributed by atoms with van der Waals surface area (Å²) in [5.41, 5.74) is 0.733. The van der Waals surface area contributed by atoms with Gasteiger partial charge in [0.2, 0.25) is 5.91 Å². The van der Waals surface area contributed by atoms with Gasteiger partial charge in [0.05, 0.1) is 10.8 Å². The number of carbonyl (C=O) groups excluding carboxylic acids is 2. The van der Waals surface area contributed by atoms with Crippen molar-refractivity contribution < 1.29 is 14.0 Å². The van der Waals surface area contributed by atoms with Crippen LogP contribution in [-0.2, 0) is 17.8 Å². The van der Waals surface area contributed by atoms with Gasteiger partial charge in [-0.3, -0.25) is 9.59 Å². The van der Waals surface area contributed by atoms with Gasteiger partial charge in [0, 0.05) is 25.2 Å². The van der Waals surface area contributed by atoms with E-state index in [1.54, 1.807) is 12.1 Å². The van der Waals surface area contributed by atoms with Crippen LogP contribution >= 0.6 is 11.8 Å². The molecule has 0 aliphatic heterocycles. The molecule has 0 bridgehead atoms. The Morgan fingerprint density at radius 3 is 2.58 bits per heavy atom. The molecule has 2 aromatic carbocycles. The van der Waals surface area contributed by atoms with Crippen molar-refractivity contribution in [2.24, 2.45) is 0 Å². The maximum absolute atomic E-state index is 13.8. The van der Waals surface area contributed by atoms with Crippen molar-refractivity contribution in [3.05, 3.63) is 84.5 Å². The van der Waals surface area contributed by atoms with Crippen LogP contribution in [0.1, 0.15) is 29.5 Å². The van der Waals surface area contributed by atoms with E-state index in [9.17, 15) is 14.0 Å². The summed E-state index contributed by atoms with van der Waals surface area (Å²) in [6.07, 6.45) is 2.73. The van der Waals surface area contributed by atoms with Crippen LogP contribution in [0.2, 0.25) is 0 Å². The lowest BCUT2D eigenvalue weighted by Gasteiger charge is -2.15. The molecule has 0 fully saturated rings. The summed E-state index contributed by atoms with van der Waals surface area (Å²) in [5.74, 6) is -0.519. The van der Waals surface area contributed by atoms with Crippen LogP contribution in [0.4, 0.5) is 10.1 Å². The van der Waals surface area contributed by atoms with E-state index in [4.69, 9.17) is 0 Å². The largest absolute Gasteiger partial charge is 0.351 e. The van der Waals surface area contributed by atoms with Gasteiger partial charge in [-0.15, -0.1) is 16.8 Å². The molecule has 1 aromatic heterocycles. The van der Waals surface area contributed by atoms with Crippen LogP contribution in [0.15, 0.2) is 72.4 Å². The molecule has 2 N–H and O–H groups in total. The summed E-state index contributed by atoms with van der Waals surface area (Å²) < 4.78 is 15.6. The Morgan fingerprint density at radius 2 is 1.88 bits per heavy atom. The summed E-state index contributed by atoms with van der Waals surface area (Å²) in [7, 11) is 0. The van der Waals surface area contributed by atoms with Crippen LogP contribution in [0.3, 0.4) is 0 Å². The molecule has 7 nitrogen and oxygen atoms in total. The van der Waals surface area contributed by atoms with Crippen molar-refractivity contribution in [3.8, 4) is 0 Å². The first-order valence-electron chi connectivity index (χ1n) is 10.6. The van der Waals surface area contributed by atoms with E-state index in [0.29, 0.717) is 30.4 Å². The second kappa shape index (κ2) is 12.0. The molecule has 0 saturated carbocycles. The Hall–Kier alpha value is -3.46. The SMILES string of the molecule is C=CCn1c(CCNC(=O)c2ccccc2F)nnc1S[C@H](CC)C(=O)Nc1ccccc1. The Bertz CT molecular complexity index is 1100. The van der Waals surface area contributed by atoms with E-state index in [1.807, 2.05) is 41.8 Å². The van der Waals surface area contributed by atoms with Crippen molar-refractivity contribution in [1.82, 2.24) is 20.1 Å². The van der Waals surface area contributed by atoms with Crippen LogP contribution in [0, 0.1) is 5.82 Å². The quantitative estimate of drug-likeness (QED) is 0.328. The number of aromatic nitrogens is 3. The molecule has 0 radical (unpaired) electrons. The third-order valence-corrected chi connectivity index (χ3v) is 6.15. The number of halogens is 1. The van der Waals surface area contributed by atoms with Crippen molar-refractivity contribution in [2.75, 3.05) is 11.9 Å². The highest BCUT2D eigenvalue weighted by Gasteiger charge is 2.22. The molecule has 3 rings (SSSR count). The predicted molar refractivity (Wildman–Crippen MR) is 128 cm³/mol. The van der Waals surface area contributed by atoms with Crippen molar-refractivity contribution in [1.29, 1.82) is 0 Å². The first-order chi connectivity index (χ1) is 16.0. The molecule has 0 aliphatic rings. The molecule has 0 unspecified atom stereocenters. The summed E-state index contributed by atoms with van der Waals surface area (Å²) in [4.78, 5) is 25.0. The zero-order valence-electron chi connectivity index (χ0n) is 18.3. The van der Waals surface area contributed by atoms with Crippen molar-refractivity contribution >= 4 is 29.3 Å². The Labute approximate surface area is 196 Å².